The molecule has 2 aliphatic heterocycles. The van der Waals surface area contributed by atoms with Crippen LogP contribution in [0.2, 0.25) is 0 Å². The van der Waals surface area contributed by atoms with Crippen molar-refractivity contribution in [3.63, 3.8) is 0 Å². The molecule has 122 valence electrons. The third kappa shape index (κ3) is 6.50. The van der Waals surface area contributed by atoms with Gasteiger partial charge in [-0.1, -0.05) is 25.0 Å². The minimum atomic E-state index is 0.0292. The molecule has 3 nitrogen and oxygen atoms in total. The van der Waals surface area contributed by atoms with Crippen molar-refractivity contribution in [1.29, 1.82) is 0 Å². The van der Waals surface area contributed by atoms with Gasteiger partial charge in [0, 0.05) is 13.0 Å². The zero-order chi connectivity index (χ0) is 15.1. The summed E-state index contributed by atoms with van der Waals surface area (Å²) in [4.78, 5) is 2.54. The number of piperidine rings is 1. The molecule has 0 spiro atoms. The molecule has 2 fully saturated rings. The highest BCUT2D eigenvalue weighted by Crippen LogP contribution is 2.23. The van der Waals surface area contributed by atoms with Crippen LogP contribution in [-0.2, 0) is 9.47 Å². The Labute approximate surface area is 130 Å². The van der Waals surface area contributed by atoms with Crippen molar-refractivity contribution in [2.45, 2.75) is 71.7 Å². The molecule has 0 N–H and O–H groups in total. The van der Waals surface area contributed by atoms with Gasteiger partial charge in [-0.05, 0) is 58.5 Å². The fourth-order valence-electron chi connectivity index (χ4n) is 3.26. The van der Waals surface area contributed by atoms with Gasteiger partial charge in [-0.15, -0.1) is 0 Å². The van der Waals surface area contributed by atoms with E-state index in [2.05, 4.69) is 31.7 Å². The van der Waals surface area contributed by atoms with Crippen molar-refractivity contribution in [2.75, 3.05) is 26.2 Å². The number of nitrogens with zero attached hydrogens (tertiary/aromatic N) is 1. The average Bonchev–Trinajstić information content (AvgIpc) is 2.86. The summed E-state index contributed by atoms with van der Waals surface area (Å²) in [5.41, 5.74) is 1.41. The minimum absolute atomic E-state index is 0.0292. The Bertz CT molecular complexity index is 319. The molecule has 0 aromatic rings. The lowest BCUT2D eigenvalue weighted by Crippen LogP contribution is -2.37. The topological polar surface area (TPSA) is 21.7 Å². The van der Waals surface area contributed by atoms with Crippen LogP contribution in [0.1, 0.15) is 59.3 Å². The van der Waals surface area contributed by atoms with Crippen molar-refractivity contribution in [2.24, 2.45) is 5.92 Å². The van der Waals surface area contributed by atoms with Gasteiger partial charge < -0.3 is 14.4 Å². The van der Waals surface area contributed by atoms with Crippen LogP contribution in [0.5, 0.6) is 0 Å². The monoisotopic (exact) mass is 295 g/mol. The van der Waals surface area contributed by atoms with Crippen molar-refractivity contribution in [3.8, 4) is 0 Å². The predicted octanol–water partition coefficient (Wildman–Crippen LogP) is 3.99. The lowest BCUT2D eigenvalue weighted by atomic mass is 10.0. The molecule has 0 amide bonds. The third-order valence-electron chi connectivity index (χ3n) is 4.53. The second-order valence-corrected chi connectivity index (χ2v) is 7.08. The van der Waals surface area contributed by atoms with E-state index in [9.17, 15) is 0 Å². The molecule has 2 aliphatic rings. The first-order valence-corrected chi connectivity index (χ1v) is 8.76. The second-order valence-electron chi connectivity index (χ2n) is 7.08. The van der Waals surface area contributed by atoms with E-state index in [0.29, 0.717) is 5.92 Å². The molecular weight excluding hydrogens is 262 g/mol. The fraction of sp³-hybridized carbons (Fsp3) is 0.889. The number of likely N-dealkylation sites (tertiary alicyclic amines) is 1. The maximum Gasteiger partial charge on any atom is 0.158 e. The average molecular weight is 295 g/mol. The first-order chi connectivity index (χ1) is 10.1. The van der Waals surface area contributed by atoms with Crippen LogP contribution < -0.4 is 0 Å². The fourth-order valence-corrected chi connectivity index (χ4v) is 3.26. The number of allylic oxidation sites excluding steroid dienone is 2. The Kier molecular flexibility index (Phi) is 7.21. The van der Waals surface area contributed by atoms with Gasteiger partial charge in [0.25, 0.3) is 0 Å². The quantitative estimate of drug-likeness (QED) is 0.663. The van der Waals surface area contributed by atoms with E-state index in [0.717, 1.165) is 19.6 Å². The van der Waals surface area contributed by atoms with Gasteiger partial charge in [-0.3, -0.25) is 0 Å². The number of ether oxygens (including phenoxy) is 2. The van der Waals surface area contributed by atoms with Gasteiger partial charge in [-0.2, -0.15) is 0 Å². The molecule has 2 heterocycles. The van der Waals surface area contributed by atoms with Crippen LogP contribution >= 0.6 is 0 Å². The molecule has 2 saturated heterocycles. The molecule has 0 saturated carbocycles. The van der Waals surface area contributed by atoms with Gasteiger partial charge in [0.2, 0.25) is 0 Å². The summed E-state index contributed by atoms with van der Waals surface area (Å²) >= 11 is 0. The zero-order valence-electron chi connectivity index (χ0n) is 14.1. The molecule has 3 heteroatoms. The molecule has 0 aromatic carbocycles. The largest absolute Gasteiger partial charge is 0.350 e. The first kappa shape index (κ1) is 17.0. The van der Waals surface area contributed by atoms with Crippen LogP contribution in [0.3, 0.4) is 0 Å². The van der Waals surface area contributed by atoms with E-state index < -0.39 is 0 Å². The maximum absolute atomic E-state index is 6.08. The van der Waals surface area contributed by atoms with Crippen molar-refractivity contribution < 1.29 is 9.47 Å². The predicted molar refractivity (Wildman–Crippen MR) is 87.4 cm³/mol. The lowest BCUT2D eigenvalue weighted by molar-refractivity contribution is -0.0745. The molecule has 0 bridgehead atoms. The molecule has 3 atom stereocenters. The molecule has 21 heavy (non-hydrogen) atoms. The Balaban J connectivity index is 1.61. The summed E-state index contributed by atoms with van der Waals surface area (Å²) in [6, 6.07) is 0. The third-order valence-corrected chi connectivity index (χ3v) is 4.53. The number of hydrogen-bond acceptors (Lipinski definition) is 3. The molecule has 0 aromatic heterocycles. The summed E-state index contributed by atoms with van der Waals surface area (Å²) in [7, 11) is 0. The van der Waals surface area contributed by atoms with E-state index in [4.69, 9.17) is 9.47 Å². The molecular formula is C18H33NO2. The van der Waals surface area contributed by atoms with Crippen LogP contribution in [0.25, 0.3) is 0 Å². The first-order valence-electron chi connectivity index (χ1n) is 8.76. The Morgan fingerprint density at radius 3 is 2.71 bits per heavy atom. The Morgan fingerprint density at radius 2 is 2.00 bits per heavy atom. The Morgan fingerprint density at radius 1 is 1.24 bits per heavy atom. The van der Waals surface area contributed by atoms with Crippen LogP contribution in [0.15, 0.2) is 11.6 Å². The highest BCUT2D eigenvalue weighted by atomic mass is 16.7. The van der Waals surface area contributed by atoms with E-state index in [1.807, 2.05) is 0 Å². The van der Waals surface area contributed by atoms with E-state index >= 15 is 0 Å². The number of hydrogen-bond donors (Lipinski definition) is 0. The van der Waals surface area contributed by atoms with Gasteiger partial charge in [0.1, 0.15) is 0 Å². The highest BCUT2D eigenvalue weighted by molar-refractivity contribution is 4.92. The standard InChI is InChI=1S/C18H33NO2/c1-15(2)8-7-9-16(3)12-18-20-14-17(21-18)13-19-10-5-4-6-11-19/h8,16-18H,4-7,9-14H2,1-3H3/t16-,17-,18+/m0/s1. The van der Waals surface area contributed by atoms with Crippen molar-refractivity contribution in [3.05, 3.63) is 11.6 Å². The smallest absolute Gasteiger partial charge is 0.158 e. The summed E-state index contributed by atoms with van der Waals surface area (Å²) in [5.74, 6) is 0.666. The maximum atomic E-state index is 6.08. The lowest BCUT2D eigenvalue weighted by Gasteiger charge is -2.28. The number of rotatable bonds is 7. The molecule has 2 rings (SSSR count). The normalized spacial score (nSPS) is 28.5. The molecule has 0 aliphatic carbocycles. The van der Waals surface area contributed by atoms with Gasteiger partial charge in [0.15, 0.2) is 6.29 Å². The molecule has 0 unspecified atom stereocenters. The highest BCUT2D eigenvalue weighted by Gasteiger charge is 2.28. The van der Waals surface area contributed by atoms with Crippen molar-refractivity contribution >= 4 is 0 Å². The van der Waals surface area contributed by atoms with E-state index in [1.165, 1.54) is 50.8 Å². The van der Waals surface area contributed by atoms with Crippen molar-refractivity contribution in [1.82, 2.24) is 4.90 Å². The Hall–Kier alpha value is -0.380. The SMILES string of the molecule is CC(C)=CCC[C@H](C)C[C@@H]1OC[C@H](CN2CCCCC2)O1. The van der Waals surface area contributed by atoms with Gasteiger partial charge in [0.05, 0.1) is 12.7 Å². The molecule has 0 radical (unpaired) electrons. The summed E-state index contributed by atoms with van der Waals surface area (Å²) in [5, 5.41) is 0. The van der Waals surface area contributed by atoms with Crippen LogP contribution in [0.4, 0.5) is 0 Å². The second kappa shape index (κ2) is 8.92. The minimum Gasteiger partial charge on any atom is -0.350 e. The van der Waals surface area contributed by atoms with Gasteiger partial charge >= 0.3 is 0 Å². The van der Waals surface area contributed by atoms with Crippen LogP contribution in [0, 0.1) is 5.92 Å². The zero-order valence-corrected chi connectivity index (χ0v) is 14.1. The van der Waals surface area contributed by atoms with Crippen LogP contribution in [-0.4, -0.2) is 43.5 Å². The van der Waals surface area contributed by atoms with E-state index in [-0.39, 0.29) is 12.4 Å². The summed E-state index contributed by atoms with van der Waals surface area (Å²) < 4.78 is 11.9. The summed E-state index contributed by atoms with van der Waals surface area (Å²) in [6.07, 6.45) is 10.2. The van der Waals surface area contributed by atoms with E-state index in [1.54, 1.807) is 0 Å². The van der Waals surface area contributed by atoms with Gasteiger partial charge in [-0.25, -0.2) is 0 Å². The summed E-state index contributed by atoms with van der Waals surface area (Å²) in [6.45, 7) is 11.0.